The lowest BCUT2D eigenvalue weighted by Gasteiger charge is -2.24. The first-order valence-electron chi connectivity index (χ1n) is 5.13. The van der Waals surface area contributed by atoms with Crippen molar-refractivity contribution in [3.8, 4) is 0 Å². The number of carbonyl (C=O) groups is 2. The third-order valence-electron chi connectivity index (χ3n) is 2.03. The second-order valence-corrected chi connectivity index (χ2v) is 5.87. The fourth-order valence-electron chi connectivity index (χ4n) is 0.787. The molecule has 0 rings (SSSR count). The first kappa shape index (κ1) is 18.4. The number of rotatable bonds is 7. The molecule has 0 aliphatic heterocycles. The van der Waals surface area contributed by atoms with Gasteiger partial charge in [-0.15, -0.1) is 0 Å². The molecule has 116 valence electrons. The molecule has 0 spiro atoms. The van der Waals surface area contributed by atoms with E-state index in [1.54, 1.807) is 0 Å². The molecule has 7 nitrogen and oxygen atoms in total. The van der Waals surface area contributed by atoms with E-state index in [2.05, 4.69) is 16.1 Å². The summed E-state index contributed by atoms with van der Waals surface area (Å²) in [4.78, 5) is 22.3. The molecule has 0 aromatic heterocycles. The lowest BCUT2D eigenvalue weighted by molar-refractivity contribution is -0.165. The summed E-state index contributed by atoms with van der Waals surface area (Å²) < 4.78 is 64.7. The molecule has 0 radical (unpaired) electrons. The van der Waals surface area contributed by atoms with Gasteiger partial charge in [0.15, 0.2) is 16.7 Å². The van der Waals surface area contributed by atoms with E-state index in [9.17, 15) is 31.3 Å². The predicted molar refractivity (Wildman–Crippen MR) is 60.5 cm³/mol. The van der Waals surface area contributed by atoms with Crippen molar-refractivity contribution in [3.05, 3.63) is 12.7 Å². The minimum Gasteiger partial charge on any atom is -0.743 e. The van der Waals surface area contributed by atoms with Gasteiger partial charge in [0.1, 0.15) is 6.61 Å². The molecule has 0 unspecified atom stereocenters. The van der Waals surface area contributed by atoms with Crippen molar-refractivity contribution in [2.45, 2.75) is 19.1 Å². The zero-order chi connectivity index (χ0) is 16.2. The highest BCUT2D eigenvalue weighted by Crippen LogP contribution is 2.24. The van der Waals surface area contributed by atoms with Gasteiger partial charge in [0.2, 0.25) is 0 Å². The zero-order valence-corrected chi connectivity index (χ0v) is 11.5. The van der Waals surface area contributed by atoms with E-state index in [0.29, 0.717) is 0 Å². The van der Waals surface area contributed by atoms with E-state index in [4.69, 9.17) is 0 Å². The third kappa shape index (κ3) is 5.21. The summed E-state index contributed by atoms with van der Waals surface area (Å²) in [7, 11) is -5.93. The molecule has 0 amide bonds. The first-order chi connectivity index (χ1) is 8.83. The van der Waals surface area contributed by atoms with Crippen LogP contribution in [0, 0.1) is 5.41 Å². The predicted octanol–water partition coefficient (Wildman–Crippen LogP) is 0.423. The Bertz CT molecular complexity index is 496. The molecular weight excluding hydrogens is 302 g/mol. The van der Waals surface area contributed by atoms with Gasteiger partial charge in [-0.2, -0.15) is 8.78 Å². The Hall–Kier alpha value is -1.55. The van der Waals surface area contributed by atoms with Gasteiger partial charge in [-0.3, -0.25) is 4.79 Å². The number of hydrogen-bond acceptors (Lipinski definition) is 7. The molecule has 0 bridgehead atoms. The summed E-state index contributed by atoms with van der Waals surface area (Å²) in [5, 5.41) is -4.73. The number of esters is 2. The van der Waals surface area contributed by atoms with Crippen molar-refractivity contribution in [1.29, 1.82) is 0 Å². The average molecular weight is 315 g/mol. The molecule has 0 aliphatic carbocycles. The molecule has 0 saturated heterocycles. The molecule has 0 aromatic carbocycles. The van der Waals surface area contributed by atoms with Crippen LogP contribution in [0.5, 0.6) is 0 Å². The lowest BCUT2D eigenvalue weighted by Crippen LogP contribution is -2.39. The number of hydrogen-bond donors (Lipinski definition) is 0. The Balaban J connectivity index is 4.61. The van der Waals surface area contributed by atoms with E-state index in [-0.39, 0.29) is 0 Å². The summed E-state index contributed by atoms with van der Waals surface area (Å²) in [5.41, 5.74) is -1.50. The maximum absolute atomic E-state index is 12.8. The number of alkyl halides is 2. The monoisotopic (exact) mass is 315 g/mol. The van der Waals surface area contributed by atoms with Gasteiger partial charge < -0.3 is 14.0 Å². The summed E-state index contributed by atoms with van der Waals surface area (Å²) in [6.07, 6.45) is 0.833. The normalized spacial score (nSPS) is 12.7. The van der Waals surface area contributed by atoms with Crippen LogP contribution in [-0.4, -0.2) is 43.4 Å². The zero-order valence-electron chi connectivity index (χ0n) is 10.7. The third-order valence-corrected chi connectivity index (χ3v) is 2.88. The lowest BCUT2D eigenvalue weighted by atomic mass is 9.95. The van der Waals surface area contributed by atoms with Gasteiger partial charge in [-0.05, 0) is 13.8 Å². The summed E-state index contributed by atoms with van der Waals surface area (Å²) in [5.74, 6) is -2.09. The molecule has 20 heavy (non-hydrogen) atoms. The number of ether oxygens (including phenoxy) is 2. The fraction of sp³-hybridized carbons (Fsp3) is 0.600. The van der Waals surface area contributed by atoms with Crippen LogP contribution in [0.15, 0.2) is 12.7 Å². The second kappa shape index (κ2) is 6.27. The van der Waals surface area contributed by atoms with E-state index in [1.165, 1.54) is 13.8 Å². The maximum Gasteiger partial charge on any atom is 0.367 e. The van der Waals surface area contributed by atoms with Crippen molar-refractivity contribution in [3.63, 3.8) is 0 Å². The van der Waals surface area contributed by atoms with E-state index >= 15 is 0 Å². The van der Waals surface area contributed by atoms with Crippen LogP contribution >= 0.6 is 0 Å². The largest absolute Gasteiger partial charge is 0.743 e. The molecule has 0 atom stereocenters. The quantitative estimate of drug-likeness (QED) is 0.380. The standard InChI is InChI=1S/C10H14F2O7S/c1-4-7(13)18-5-9(2,3)8(14)19-6-10(11,12)20(15,16)17/h4H,1,5-6H2,2-3H3,(H,15,16,17)/p-1. The summed E-state index contributed by atoms with van der Waals surface area (Å²) in [6.45, 7) is 3.15. The van der Waals surface area contributed by atoms with Gasteiger partial charge in [0, 0.05) is 6.08 Å². The molecular formula is C10H13F2O7S-. The van der Waals surface area contributed by atoms with Gasteiger partial charge in [-0.1, -0.05) is 6.58 Å². The van der Waals surface area contributed by atoms with Crippen LogP contribution in [0.4, 0.5) is 8.78 Å². The topological polar surface area (TPSA) is 110 Å². The van der Waals surface area contributed by atoms with Gasteiger partial charge in [0.25, 0.3) is 0 Å². The summed E-state index contributed by atoms with van der Waals surface area (Å²) >= 11 is 0. The van der Waals surface area contributed by atoms with E-state index in [1.807, 2.05) is 0 Å². The molecule has 0 N–H and O–H groups in total. The number of halogens is 2. The van der Waals surface area contributed by atoms with Crippen molar-refractivity contribution < 1.29 is 40.8 Å². The maximum atomic E-state index is 12.8. The van der Waals surface area contributed by atoms with Crippen LogP contribution < -0.4 is 0 Å². The molecule has 0 heterocycles. The molecule has 0 aliphatic rings. The average Bonchev–Trinajstić information content (AvgIpc) is 2.31. The van der Waals surface area contributed by atoms with Crippen LogP contribution in [0.3, 0.4) is 0 Å². The van der Waals surface area contributed by atoms with Crippen LogP contribution in [-0.2, 0) is 29.2 Å². The highest BCUT2D eigenvalue weighted by molar-refractivity contribution is 7.86. The minimum atomic E-state index is -5.93. The van der Waals surface area contributed by atoms with Gasteiger partial charge >= 0.3 is 17.2 Å². The van der Waals surface area contributed by atoms with Crippen molar-refractivity contribution in [2.75, 3.05) is 13.2 Å². The van der Waals surface area contributed by atoms with E-state index in [0.717, 1.165) is 6.08 Å². The Morgan fingerprint density at radius 1 is 1.25 bits per heavy atom. The van der Waals surface area contributed by atoms with Gasteiger partial charge in [-0.25, -0.2) is 13.2 Å². The van der Waals surface area contributed by atoms with Crippen molar-refractivity contribution in [1.82, 2.24) is 0 Å². The fourth-order valence-corrected chi connectivity index (χ4v) is 0.990. The summed E-state index contributed by atoms with van der Waals surface area (Å²) in [6, 6.07) is 0. The van der Waals surface area contributed by atoms with Gasteiger partial charge in [0.05, 0.1) is 5.41 Å². The van der Waals surface area contributed by atoms with Crippen LogP contribution in [0.2, 0.25) is 0 Å². The number of carbonyl (C=O) groups excluding carboxylic acids is 2. The first-order valence-corrected chi connectivity index (χ1v) is 6.54. The Morgan fingerprint density at radius 2 is 1.75 bits per heavy atom. The highest BCUT2D eigenvalue weighted by atomic mass is 32.2. The van der Waals surface area contributed by atoms with Crippen LogP contribution in [0.25, 0.3) is 0 Å². The smallest absolute Gasteiger partial charge is 0.367 e. The molecule has 0 fully saturated rings. The molecule has 0 aromatic rings. The Morgan fingerprint density at radius 3 is 2.15 bits per heavy atom. The van der Waals surface area contributed by atoms with Crippen LogP contribution in [0.1, 0.15) is 13.8 Å². The Kier molecular flexibility index (Phi) is 5.78. The molecule has 10 heteroatoms. The second-order valence-electron chi connectivity index (χ2n) is 4.36. The Labute approximate surface area is 114 Å². The SMILES string of the molecule is C=CC(=O)OCC(C)(C)C(=O)OCC(F)(F)S(=O)(=O)[O-]. The minimum absolute atomic E-state index is 0.494. The van der Waals surface area contributed by atoms with Crippen molar-refractivity contribution >= 4 is 22.1 Å². The molecule has 0 saturated carbocycles. The van der Waals surface area contributed by atoms with Crippen molar-refractivity contribution in [2.24, 2.45) is 5.41 Å². The van der Waals surface area contributed by atoms with E-state index < -0.39 is 45.9 Å². The highest BCUT2D eigenvalue weighted by Gasteiger charge is 2.41.